The Morgan fingerprint density at radius 1 is 1.06 bits per heavy atom. The van der Waals surface area contributed by atoms with E-state index in [-0.39, 0.29) is 17.8 Å². The highest BCUT2D eigenvalue weighted by Crippen LogP contribution is 2.40. The van der Waals surface area contributed by atoms with Crippen molar-refractivity contribution in [2.24, 2.45) is 5.41 Å². The van der Waals surface area contributed by atoms with Crippen LogP contribution >= 0.6 is 0 Å². The van der Waals surface area contributed by atoms with Gasteiger partial charge >= 0.3 is 5.97 Å². The van der Waals surface area contributed by atoms with Crippen molar-refractivity contribution >= 4 is 11.8 Å². The SMILES string of the molecule is COc1ccc(C(=O)COC(=O)\C=C(C)/C=C\C=C(C)/C=C/C2=C(C)CCCC2(C)C)cc1. The Kier molecular flexibility index (Phi) is 9.65. The molecule has 0 heterocycles. The molecule has 0 amide bonds. The van der Waals surface area contributed by atoms with Crippen LogP contribution in [0.3, 0.4) is 0 Å². The van der Waals surface area contributed by atoms with Crippen LogP contribution in [0.5, 0.6) is 5.75 Å². The third-order valence-corrected chi connectivity index (χ3v) is 5.88. The third kappa shape index (κ3) is 8.38. The fraction of sp³-hybridized carbons (Fsp3) is 0.379. The number of rotatable bonds is 9. The summed E-state index contributed by atoms with van der Waals surface area (Å²) in [5.41, 5.74) is 5.50. The Bertz CT molecular complexity index is 999. The second-order valence-electron chi connectivity index (χ2n) is 9.18. The van der Waals surface area contributed by atoms with E-state index in [4.69, 9.17) is 9.47 Å². The van der Waals surface area contributed by atoms with Crippen LogP contribution in [0.1, 0.15) is 64.2 Å². The molecule has 0 unspecified atom stereocenters. The van der Waals surface area contributed by atoms with Crippen LogP contribution < -0.4 is 4.74 Å². The molecule has 1 aromatic carbocycles. The van der Waals surface area contributed by atoms with E-state index in [1.165, 1.54) is 36.5 Å². The van der Waals surface area contributed by atoms with Crippen molar-refractivity contribution in [3.63, 3.8) is 0 Å². The molecule has 176 valence electrons. The first-order valence-corrected chi connectivity index (χ1v) is 11.4. The number of allylic oxidation sites excluding steroid dienone is 9. The largest absolute Gasteiger partial charge is 0.497 e. The van der Waals surface area contributed by atoms with Gasteiger partial charge in [-0.2, -0.15) is 0 Å². The molecule has 0 radical (unpaired) electrons. The standard InChI is InChI=1S/C29H36O4/c1-21(12-17-26-23(3)11-8-18-29(26,4)5)9-7-10-22(2)19-28(31)33-20-27(30)24-13-15-25(32-6)16-14-24/h7,9-10,12-17,19H,8,11,18,20H2,1-6H3/b10-7-,17-12+,21-9-,22-19-. The molecule has 0 bridgehead atoms. The molecule has 2 rings (SSSR count). The van der Waals surface area contributed by atoms with Crippen molar-refractivity contribution < 1.29 is 19.1 Å². The van der Waals surface area contributed by atoms with Crippen LogP contribution in [0.25, 0.3) is 0 Å². The van der Waals surface area contributed by atoms with Gasteiger partial charge in [-0.1, -0.05) is 55.4 Å². The van der Waals surface area contributed by atoms with Crippen molar-refractivity contribution in [2.45, 2.75) is 53.9 Å². The number of ether oxygens (including phenoxy) is 2. The molecule has 33 heavy (non-hydrogen) atoms. The molecule has 4 heteroatoms. The Morgan fingerprint density at radius 2 is 1.76 bits per heavy atom. The van der Waals surface area contributed by atoms with E-state index in [1.807, 2.05) is 25.2 Å². The maximum atomic E-state index is 12.1. The highest BCUT2D eigenvalue weighted by molar-refractivity contribution is 5.98. The minimum Gasteiger partial charge on any atom is -0.497 e. The smallest absolute Gasteiger partial charge is 0.331 e. The summed E-state index contributed by atoms with van der Waals surface area (Å²) in [4.78, 5) is 24.2. The summed E-state index contributed by atoms with van der Waals surface area (Å²) in [5, 5.41) is 0. The number of Topliss-reactive ketones (excluding diaryl/α,β-unsaturated/α-hetero) is 1. The van der Waals surface area contributed by atoms with Crippen molar-refractivity contribution in [2.75, 3.05) is 13.7 Å². The van der Waals surface area contributed by atoms with Gasteiger partial charge in [0.05, 0.1) is 7.11 Å². The van der Waals surface area contributed by atoms with E-state index >= 15 is 0 Å². The first-order chi connectivity index (χ1) is 15.6. The number of hydrogen-bond donors (Lipinski definition) is 0. The molecule has 4 nitrogen and oxygen atoms in total. The maximum absolute atomic E-state index is 12.1. The van der Waals surface area contributed by atoms with Gasteiger partial charge < -0.3 is 9.47 Å². The predicted octanol–water partition coefficient (Wildman–Crippen LogP) is 6.95. The van der Waals surface area contributed by atoms with Gasteiger partial charge in [-0.15, -0.1) is 0 Å². The van der Waals surface area contributed by atoms with Gasteiger partial charge in [0.15, 0.2) is 12.4 Å². The Labute approximate surface area is 198 Å². The van der Waals surface area contributed by atoms with E-state index in [0.717, 1.165) is 11.1 Å². The van der Waals surface area contributed by atoms with Gasteiger partial charge in [0.25, 0.3) is 0 Å². The van der Waals surface area contributed by atoms with E-state index in [2.05, 4.69) is 39.8 Å². The van der Waals surface area contributed by atoms with E-state index in [9.17, 15) is 9.59 Å². The fourth-order valence-corrected chi connectivity index (χ4v) is 3.90. The maximum Gasteiger partial charge on any atom is 0.331 e. The van der Waals surface area contributed by atoms with Gasteiger partial charge in [-0.05, 0) is 80.9 Å². The zero-order chi connectivity index (χ0) is 24.4. The molecular formula is C29H36O4. The molecule has 0 aromatic heterocycles. The van der Waals surface area contributed by atoms with E-state index in [0.29, 0.717) is 11.3 Å². The number of ketones is 1. The molecule has 0 N–H and O–H groups in total. The second kappa shape index (κ2) is 12.2. The number of carbonyl (C=O) groups excluding carboxylic acids is 2. The zero-order valence-corrected chi connectivity index (χ0v) is 20.7. The number of hydrogen-bond acceptors (Lipinski definition) is 4. The summed E-state index contributed by atoms with van der Waals surface area (Å²) in [6.07, 6.45) is 15.2. The van der Waals surface area contributed by atoms with E-state index in [1.54, 1.807) is 31.4 Å². The average Bonchev–Trinajstić information content (AvgIpc) is 2.76. The summed E-state index contributed by atoms with van der Waals surface area (Å²) >= 11 is 0. The summed E-state index contributed by atoms with van der Waals surface area (Å²) in [5.74, 6) is -0.135. The number of carbonyl (C=O) groups is 2. The van der Waals surface area contributed by atoms with Crippen LogP contribution in [0.15, 0.2) is 83.0 Å². The lowest BCUT2D eigenvalue weighted by atomic mass is 9.72. The topological polar surface area (TPSA) is 52.6 Å². The van der Waals surface area contributed by atoms with Gasteiger partial charge in [-0.3, -0.25) is 4.79 Å². The van der Waals surface area contributed by atoms with Crippen LogP contribution in [-0.2, 0) is 9.53 Å². The molecule has 0 atom stereocenters. The number of methoxy groups -OCH3 is 1. The van der Waals surface area contributed by atoms with Crippen LogP contribution in [0, 0.1) is 5.41 Å². The molecule has 1 aliphatic rings. The lowest BCUT2D eigenvalue weighted by Crippen LogP contribution is -2.19. The number of benzene rings is 1. The average molecular weight is 449 g/mol. The second-order valence-corrected chi connectivity index (χ2v) is 9.18. The lowest BCUT2D eigenvalue weighted by molar-refractivity contribution is -0.136. The fourth-order valence-electron chi connectivity index (χ4n) is 3.90. The molecule has 0 spiro atoms. The van der Waals surface area contributed by atoms with Gasteiger partial charge in [-0.25, -0.2) is 4.79 Å². The normalized spacial score (nSPS) is 17.0. The molecular weight excluding hydrogens is 412 g/mol. The van der Waals surface area contributed by atoms with Crippen LogP contribution in [0.4, 0.5) is 0 Å². The first kappa shape index (κ1) is 26.1. The van der Waals surface area contributed by atoms with Crippen molar-refractivity contribution in [1.82, 2.24) is 0 Å². The molecule has 1 aromatic rings. The van der Waals surface area contributed by atoms with Crippen molar-refractivity contribution in [3.8, 4) is 5.75 Å². The van der Waals surface area contributed by atoms with Gasteiger partial charge in [0.2, 0.25) is 0 Å². The minimum atomic E-state index is -0.540. The molecule has 0 aliphatic heterocycles. The lowest BCUT2D eigenvalue weighted by Gasteiger charge is -2.32. The molecule has 0 fully saturated rings. The minimum absolute atomic E-state index is 0.226. The Hall–Kier alpha value is -3.14. The highest BCUT2D eigenvalue weighted by Gasteiger charge is 2.26. The first-order valence-electron chi connectivity index (χ1n) is 11.4. The summed E-state index contributed by atoms with van der Waals surface area (Å²) in [6, 6.07) is 6.69. The third-order valence-electron chi connectivity index (χ3n) is 5.88. The zero-order valence-electron chi connectivity index (χ0n) is 20.7. The Balaban J connectivity index is 1.88. The van der Waals surface area contributed by atoms with Crippen LogP contribution in [-0.4, -0.2) is 25.5 Å². The van der Waals surface area contributed by atoms with Gasteiger partial charge in [0.1, 0.15) is 5.75 Å². The summed E-state index contributed by atoms with van der Waals surface area (Å²) in [7, 11) is 1.56. The van der Waals surface area contributed by atoms with E-state index < -0.39 is 5.97 Å². The Morgan fingerprint density at radius 3 is 2.39 bits per heavy atom. The van der Waals surface area contributed by atoms with Gasteiger partial charge in [0, 0.05) is 11.6 Å². The predicted molar refractivity (Wildman–Crippen MR) is 134 cm³/mol. The molecule has 1 aliphatic carbocycles. The highest BCUT2D eigenvalue weighted by atomic mass is 16.5. The quantitative estimate of drug-likeness (QED) is 0.177. The monoisotopic (exact) mass is 448 g/mol. The van der Waals surface area contributed by atoms with Crippen LogP contribution in [0.2, 0.25) is 0 Å². The van der Waals surface area contributed by atoms with Crippen molar-refractivity contribution in [1.29, 1.82) is 0 Å². The molecule has 0 saturated heterocycles. The van der Waals surface area contributed by atoms with Crippen molar-refractivity contribution in [3.05, 3.63) is 88.6 Å². The number of esters is 1. The summed E-state index contributed by atoms with van der Waals surface area (Å²) < 4.78 is 10.2. The summed E-state index contributed by atoms with van der Waals surface area (Å²) in [6.45, 7) is 10.4. The molecule has 0 saturated carbocycles.